The fourth-order valence-electron chi connectivity index (χ4n) is 1.90. The Balaban J connectivity index is 2.12. The van der Waals surface area contributed by atoms with Crippen molar-refractivity contribution in [3.05, 3.63) is 24.3 Å². The summed E-state index contributed by atoms with van der Waals surface area (Å²) in [7, 11) is 2.01. The van der Waals surface area contributed by atoms with Crippen LogP contribution >= 0.6 is 11.8 Å². The predicted octanol–water partition coefficient (Wildman–Crippen LogP) is 1.63. The van der Waals surface area contributed by atoms with E-state index >= 15 is 0 Å². The number of nitrogens with zero attached hydrogens (tertiary/aromatic N) is 2. The number of thioether (sulfide) groups is 1. The van der Waals surface area contributed by atoms with Crippen LogP contribution in [0.4, 0.5) is 0 Å². The van der Waals surface area contributed by atoms with Gasteiger partial charge in [-0.1, -0.05) is 0 Å². The first-order valence-electron chi connectivity index (χ1n) is 4.95. The highest BCUT2D eigenvalue weighted by Crippen LogP contribution is 2.35. The smallest absolute Gasteiger partial charge is 0.115 e. The fraction of sp³-hybridized carbons (Fsp3) is 0.600. The van der Waals surface area contributed by atoms with Crippen molar-refractivity contribution in [1.82, 2.24) is 15.3 Å². The molecule has 14 heavy (non-hydrogen) atoms. The van der Waals surface area contributed by atoms with E-state index in [1.807, 2.05) is 19.4 Å². The standard InChI is InChI=1S/C10H15N3S/c1-11-10(9-3-2-4-14-9)8-5-12-7-13-6-8/h5-7,9-11H,2-4H2,1H3. The van der Waals surface area contributed by atoms with E-state index in [4.69, 9.17) is 0 Å². The van der Waals surface area contributed by atoms with Crippen LogP contribution in [0, 0.1) is 0 Å². The summed E-state index contributed by atoms with van der Waals surface area (Å²) in [5.74, 6) is 1.29. The average molecular weight is 209 g/mol. The lowest BCUT2D eigenvalue weighted by molar-refractivity contribution is 0.548. The maximum Gasteiger partial charge on any atom is 0.115 e. The molecule has 0 aromatic carbocycles. The molecule has 1 aromatic rings. The lowest BCUT2D eigenvalue weighted by Gasteiger charge is -2.21. The van der Waals surface area contributed by atoms with Gasteiger partial charge in [0.2, 0.25) is 0 Å². The molecule has 1 N–H and O–H groups in total. The molecule has 0 spiro atoms. The molecule has 1 aliphatic rings. The normalized spacial score (nSPS) is 23.6. The highest BCUT2D eigenvalue weighted by Gasteiger charge is 2.25. The van der Waals surface area contributed by atoms with Crippen LogP contribution in [0.25, 0.3) is 0 Å². The van der Waals surface area contributed by atoms with Crippen LogP contribution in [0.1, 0.15) is 24.4 Å². The van der Waals surface area contributed by atoms with E-state index in [0.717, 1.165) is 0 Å². The molecule has 2 rings (SSSR count). The van der Waals surface area contributed by atoms with E-state index in [1.54, 1.807) is 6.33 Å². The molecule has 1 aliphatic heterocycles. The highest BCUT2D eigenvalue weighted by atomic mass is 32.2. The number of hydrogen-bond acceptors (Lipinski definition) is 4. The van der Waals surface area contributed by atoms with Gasteiger partial charge in [0.15, 0.2) is 0 Å². The summed E-state index contributed by atoms with van der Waals surface area (Å²) in [6.07, 6.45) is 8.03. The molecule has 0 radical (unpaired) electrons. The Bertz CT molecular complexity index is 272. The maximum atomic E-state index is 4.06. The Morgan fingerprint density at radius 3 is 2.86 bits per heavy atom. The Hall–Kier alpha value is -0.610. The van der Waals surface area contributed by atoms with E-state index < -0.39 is 0 Å². The fourth-order valence-corrected chi connectivity index (χ4v) is 3.36. The van der Waals surface area contributed by atoms with Crippen molar-refractivity contribution in [1.29, 1.82) is 0 Å². The third kappa shape index (κ3) is 2.07. The van der Waals surface area contributed by atoms with E-state index in [0.29, 0.717) is 11.3 Å². The molecule has 2 heterocycles. The van der Waals surface area contributed by atoms with Gasteiger partial charge in [-0.2, -0.15) is 11.8 Å². The number of nitrogens with one attached hydrogen (secondary N) is 1. The van der Waals surface area contributed by atoms with Crippen LogP contribution < -0.4 is 5.32 Å². The van der Waals surface area contributed by atoms with Crippen molar-refractivity contribution < 1.29 is 0 Å². The Morgan fingerprint density at radius 2 is 2.29 bits per heavy atom. The second-order valence-corrected chi connectivity index (χ2v) is 4.84. The zero-order chi connectivity index (χ0) is 9.80. The van der Waals surface area contributed by atoms with Gasteiger partial charge in [-0.15, -0.1) is 0 Å². The zero-order valence-electron chi connectivity index (χ0n) is 8.31. The third-order valence-electron chi connectivity index (χ3n) is 2.59. The summed E-state index contributed by atoms with van der Waals surface area (Å²) in [5, 5.41) is 4.05. The first kappa shape index (κ1) is 9.93. The molecule has 1 saturated heterocycles. The molecule has 0 aliphatic carbocycles. The minimum atomic E-state index is 0.406. The van der Waals surface area contributed by atoms with Crippen molar-refractivity contribution >= 4 is 11.8 Å². The molecule has 1 fully saturated rings. The van der Waals surface area contributed by atoms with Crippen LogP contribution in [0.2, 0.25) is 0 Å². The van der Waals surface area contributed by atoms with E-state index in [-0.39, 0.29) is 0 Å². The van der Waals surface area contributed by atoms with Crippen molar-refractivity contribution in [3.63, 3.8) is 0 Å². The van der Waals surface area contributed by atoms with Crippen molar-refractivity contribution in [3.8, 4) is 0 Å². The van der Waals surface area contributed by atoms with E-state index in [9.17, 15) is 0 Å². The summed E-state index contributed by atoms with van der Waals surface area (Å²) >= 11 is 2.05. The van der Waals surface area contributed by atoms with Crippen LogP contribution in [0.3, 0.4) is 0 Å². The van der Waals surface area contributed by atoms with E-state index in [2.05, 4.69) is 27.0 Å². The first-order chi connectivity index (χ1) is 6.92. The van der Waals surface area contributed by atoms with Crippen molar-refractivity contribution in [2.45, 2.75) is 24.1 Å². The molecule has 1 aromatic heterocycles. The zero-order valence-corrected chi connectivity index (χ0v) is 9.13. The van der Waals surface area contributed by atoms with Gasteiger partial charge < -0.3 is 5.32 Å². The lowest BCUT2D eigenvalue weighted by atomic mass is 10.0. The van der Waals surface area contributed by atoms with E-state index in [1.165, 1.54) is 24.2 Å². The summed E-state index contributed by atoms with van der Waals surface area (Å²) in [6, 6.07) is 0.406. The quantitative estimate of drug-likeness (QED) is 0.821. The molecule has 0 bridgehead atoms. The Morgan fingerprint density at radius 1 is 1.50 bits per heavy atom. The molecule has 3 nitrogen and oxygen atoms in total. The second-order valence-electron chi connectivity index (χ2n) is 3.49. The summed E-state index contributed by atoms with van der Waals surface area (Å²) < 4.78 is 0. The van der Waals surface area contributed by atoms with Gasteiger partial charge >= 0.3 is 0 Å². The highest BCUT2D eigenvalue weighted by molar-refractivity contribution is 8.00. The van der Waals surface area contributed by atoms with Gasteiger partial charge in [-0.25, -0.2) is 9.97 Å². The molecule has 2 atom stereocenters. The molecule has 0 amide bonds. The van der Waals surface area contributed by atoms with Gasteiger partial charge in [0.25, 0.3) is 0 Å². The Kier molecular flexibility index (Phi) is 3.37. The van der Waals surface area contributed by atoms with Gasteiger partial charge in [-0.05, 0) is 25.6 Å². The minimum absolute atomic E-state index is 0.406. The molecular weight excluding hydrogens is 194 g/mol. The van der Waals surface area contributed by atoms with Crippen LogP contribution in [-0.2, 0) is 0 Å². The molecule has 0 saturated carbocycles. The predicted molar refractivity (Wildman–Crippen MR) is 59.3 cm³/mol. The van der Waals surface area contributed by atoms with Gasteiger partial charge in [0.05, 0.1) is 0 Å². The maximum absolute atomic E-state index is 4.06. The molecule has 76 valence electrons. The minimum Gasteiger partial charge on any atom is -0.312 e. The summed E-state index contributed by atoms with van der Waals surface area (Å²) in [5.41, 5.74) is 1.20. The molecule has 2 unspecified atom stereocenters. The van der Waals surface area contributed by atoms with Crippen molar-refractivity contribution in [2.24, 2.45) is 0 Å². The van der Waals surface area contributed by atoms with Gasteiger partial charge in [0.1, 0.15) is 6.33 Å². The topological polar surface area (TPSA) is 37.8 Å². The summed E-state index contributed by atoms with van der Waals surface area (Å²) in [4.78, 5) is 8.13. The van der Waals surface area contributed by atoms with Crippen LogP contribution in [-0.4, -0.2) is 28.0 Å². The van der Waals surface area contributed by atoms with Crippen molar-refractivity contribution in [2.75, 3.05) is 12.8 Å². The van der Waals surface area contributed by atoms with Crippen LogP contribution in [0.5, 0.6) is 0 Å². The third-order valence-corrected chi connectivity index (χ3v) is 4.05. The number of hydrogen-bond donors (Lipinski definition) is 1. The average Bonchev–Trinajstić information content (AvgIpc) is 2.74. The Labute approximate surface area is 88.7 Å². The molecule has 4 heteroatoms. The lowest BCUT2D eigenvalue weighted by Crippen LogP contribution is -2.25. The van der Waals surface area contributed by atoms with Gasteiger partial charge in [-0.3, -0.25) is 0 Å². The summed E-state index contributed by atoms with van der Waals surface area (Å²) in [6.45, 7) is 0. The first-order valence-corrected chi connectivity index (χ1v) is 6.00. The molecular formula is C10H15N3S. The largest absolute Gasteiger partial charge is 0.312 e. The monoisotopic (exact) mass is 209 g/mol. The number of aromatic nitrogens is 2. The van der Waals surface area contributed by atoms with Crippen LogP contribution in [0.15, 0.2) is 18.7 Å². The number of rotatable bonds is 3. The van der Waals surface area contributed by atoms with Gasteiger partial charge in [0, 0.05) is 29.2 Å². The SMILES string of the molecule is CNC(c1cncnc1)C1CCCS1. The second kappa shape index (κ2) is 4.75.